The summed E-state index contributed by atoms with van der Waals surface area (Å²) in [6.45, 7) is 3.10. The minimum atomic E-state index is -3.94. The number of rotatable bonds is 6. The fraction of sp³-hybridized carbons (Fsp3) is 0.455. The molecule has 6 nitrogen and oxygen atoms in total. The van der Waals surface area contributed by atoms with Crippen LogP contribution < -0.4 is 4.72 Å². The molecule has 0 radical (unpaired) electrons. The second-order valence-corrected chi connectivity index (χ2v) is 7.22. The second-order valence-electron chi connectivity index (χ2n) is 4.22. The molecule has 1 atom stereocenters. The number of carboxylic acid groups (broad SMARTS) is 1. The van der Waals surface area contributed by atoms with Gasteiger partial charge in [0.15, 0.2) is 0 Å². The van der Waals surface area contributed by atoms with Crippen LogP contribution >= 0.6 is 11.3 Å². The van der Waals surface area contributed by atoms with E-state index in [1.807, 2.05) is 6.07 Å². The van der Waals surface area contributed by atoms with Crippen LogP contribution in [0.25, 0.3) is 0 Å². The summed E-state index contributed by atoms with van der Waals surface area (Å²) in [4.78, 5) is 11.5. The molecule has 0 aliphatic carbocycles. The zero-order valence-corrected chi connectivity index (χ0v) is 12.1. The minimum Gasteiger partial charge on any atom is -0.480 e. The molecule has 1 aromatic rings. The van der Waals surface area contributed by atoms with Crippen LogP contribution in [0.15, 0.2) is 16.3 Å². The van der Waals surface area contributed by atoms with Crippen molar-refractivity contribution in [1.82, 2.24) is 4.72 Å². The van der Waals surface area contributed by atoms with Crippen molar-refractivity contribution in [1.29, 1.82) is 5.26 Å². The van der Waals surface area contributed by atoms with Gasteiger partial charge in [-0.05, 0) is 25.5 Å². The number of nitrogens with one attached hydrogen (secondary N) is 1. The highest BCUT2D eigenvalue weighted by Crippen LogP contribution is 2.23. The lowest BCUT2D eigenvalue weighted by Crippen LogP contribution is -2.51. The van der Waals surface area contributed by atoms with Gasteiger partial charge in [-0.15, -0.1) is 11.3 Å². The van der Waals surface area contributed by atoms with Crippen LogP contribution in [0.4, 0.5) is 0 Å². The van der Waals surface area contributed by atoms with E-state index in [4.69, 9.17) is 10.4 Å². The Bertz CT molecular complexity index is 615. The molecular formula is C11H14N2O4S2. The Labute approximate surface area is 115 Å². The van der Waals surface area contributed by atoms with Crippen LogP contribution in [-0.2, 0) is 14.8 Å². The smallest absolute Gasteiger partial charge is 0.324 e. The van der Waals surface area contributed by atoms with Gasteiger partial charge in [0.05, 0.1) is 0 Å². The van der Waals surface area contributed by atoms with E-state index >= 15 is 0 Å². The summed E-state index contributed by atoms with van der Waals surface area (Å²) >= 11 is 0.806. The van der Waals surface area contributed by atoms with Gasteiger partial charge < -0.3 is 5.11 Å². The Hall–Kier alpha value is -1.43. The predicted molar refractivity (Wildman–Crippen MR) is 70.3 cm³/mol. The van der Waals surface area contributed by atoms with Crippen LogP contribution in [0.2, 0.25) is 0 Å². The maximum Gasteiger partial charge on any atom is 0.324 e. The van der Waals surface area contributed by atoms with Crippen molar-refractivity contribution in [3.63, 3.8) is 0 Å². The highest BCUT2D eigenvalue weighted by atomic mass is 32.2. The molecule has 0 fully saturated rings. The van der Waals surface area contributed by atoms with Crippen LogP contribution in [0, 0.1) is 11.3 Å². The van der Waals surface area contributed by atoms with Gasteiger partial charge in [-0.3, -0.25) is 4.79 Å². The van der Waals surface area contributed by atoms with Crippen LogP contribution in [0.1, 0.15) is 31.6 Å². The topological polar surface area (TPSA) is 107 Å². The maximum absolute atomic E-state index is 12.1. The molecule has 0 bridgehead atoms. The first kappa shape index (κ1) is 15.6. The first-order chi connectivity index (χ1) is 8.75. The van der Waals surface area contributed by atoms with Gasteiger partial charge in [0, 0.05) is 0 Å². The zero-order chi connectivity index (χ0) is 14.7. The fourth-order valence-corrected chi connectivity index (χ4v) is 4.07. The monoisotopic (exact) mass is 302 g/mol. The fourth-order valence-electron chi connectivity index (χ4n) is 1.57. The van der Waals surface area contributed by atoms with Gasteiger partial charge in [0.1, 0.15) is 20.7 Å². The maximum atomic E-state index is 12.1. The first-order valence-electron chi connectivity index (χ1n) is 5.52. The van der Waals surface area contributed by atoms with Gasteiger partial charge >= 0.3 is 5.97 Å². The molecule has 0 saturated carbocycles. The lowest BCUT2D eigenvalue weighted by atomic mass is 9.98. The number of carboxylic acids is 1. The molecular weight excluding hydrogens is 288 g/mol. The van der Waals surface area contributed by atoms with Crippen molar-refractivity contribution in [2.24, 2.45) is 0 Å². The third kappa shape index (κ3) is 3.53. The lowest BCUT2D eigenvalue weighted by molar-refractivity contribution is -0.143. The van der Waals surface area contributed by atoms with Gasteiger partial charge in [0.2, 0.25) is 0 Å². The summed E-state index contributed by atoms with van der Waals surface area (Å²) in [5.41, 5.74) is -1.55. The number of sulfonamides is 1. The summed E-state index contributed by atoms with van der Waals surface area (Å²) < 4.78 is 26.3. The Balaban J connectivity index is 3.08. The average Bonchev–Trinajstić information content (AvgIpc) is 2.77. The molecule has 2 N–H and O–H groups in total. The number of nitrogens with zero attached hydrogens (tertiary/aromatic N) is 1. The summed E-state index contributed by atoms with van der Waals surface area (Å²) in [6, 6.07) is 4.52. The molecule has 1 aromatic heterocycles. The normalized spacial score (nSPS) is 14.6. The van der Waals surface area contributed by atoms with Crippen molar-refractivity contribution < 1.29 is 18.3 Å². The van der Waals surface area contributed by atoms with Gasteiger partial charge in [-0.1, -0.05) is 13.3 Å². The molecule has 0 aromatic carbocycles. The molecule has 0 aliphatic rings. The third-order valence-electron chi connectivity index (χ3n) is 2.54. The Morgan fingerprint density at radius 2 is 2.21 bits per heavy atom. The van der Waals surface area contributed by atoms with Crippen LogP contribution in [0.5, 0.6) is 0 Å². The number of aliphatic carboxylic acids is 1. The summed E-state index contributed by atoms with van der Waals surface area (Å²) in [5, 5.41) is 17.8. The lowest BCUT2D eigenvalue weighted by Gasteiger charge is -2.24. The van der Waals surface area contributed by atoms with Gasteiger partial charge in [-0.25, -0.2) is 8.42 Å². The highest BCUT2D eigenvalue weighted by Gasteiger charge is 2.37. The quantitative estimate of drug-likeness (QED) is 0.828. The molecule has 0 aliphatic heterocycles. The largest absolute Gasteiger partial charge is 0.480 e. The highest BCUT2D eigenvalue weighted by molar-refractivity contribution is 7.91. The van der Waals surface area contributed by atoms with Crippen molar-refractivity contribution in [2.75, 3.05) is 0 Å². The molecule has 1 heterocycles. The Morgan fingerprint density at radius 1 is 1.58 bits per heavy atom. The van der Waals surface area contributed by atoms with E-state index in [0.717, 1.165) is 11.3 Å². The molecule has 8 heteroatoms. The summed E-state index contributed by atoms with van der Waals surface area (Å²) in [5.74, 6) is -1.23. The molecule has 104 valence electrons. The SMILES string of the molecule is CCCC(C)(NS(=O)(=O)c1ccc(C#N)s1)C(=O)O. The van der Waals surface area contributed by atoms with Gasteiger partial charge in [-0.2, -0.15) is 9.98 Å². The first-order valence-corrected chi connectivity index (χ1v) is 7.82. The standard InChI is InChI=1S/C11H14N2O4S2/c1-3-6-11(2,10(14)15)13-19(16,17)9-5-4-8(7-12)18-9/h4-5,13H,3,6H2,1-2H3,(H,14,15). The van der Waals surface area contributed by atoms with E-state index in [0.29, 0.717) is 6.42 Å². The number of hydrogen-bond donors (Lipinski definition) is 2. The van der Waals surface area contributed by atoms with E-state index in [1.165, 1.54) is 19.1 Å². The van der Waals surface area contributed by atoms with Crippen molar-refractivity contribution >= 4 is 27.3 Å². The molecule has 0 spiro atoms. The van der Waals surface area contributed by atoms with Crippen LogP contribution in [-0.4, -0.2) is 25.0 Å². The summed E-state index contributed by atoms with van der Waals surface area (Å²) in [6.07, 6.45) is 0.706. The zero-order valence-electron chi connectivity index (χ0n) is 10.5. The number of hydrogen-bond acceptors (Lipinski definition) is 5. The molecule has 1 unspecified atom stereocenters. The van der Waals surface area contributed by atoms with Crippen molar-refractivity contribution in [3.8, 4) is 6.07 Å². The average molecular weight is 302 g/mol. The third-order valence-corrected chi connectivity index (χ3v) is 5.62. The summed E-state index contributed by atoms with van der Waals surface area (Å²) in [7, 11) is -3.94. The van der Waals surface area contributed by atoms with E-state index < -0.39 is 21.5 Å². The van der Waals surface area contributed by atoms with Crippen molar-refractivity contribution in [2.45, 2.75) is 36.4 Å². The van der Waals surface area contributed by atoms with E-state index in [9.17, 15) is 13.2 Å². The molecule has 0 saturated heterocycles. The Kier molecular flexibility index (Phi) is 4.68. The van der Waals surface area contributed by atoms with E-state index in [1.54, 1.807) is 6.92 Å². The number of nitriles is 1. The Morgan fingerprint density at radius 3 is 2.63 bits per heavy atom. The van der Waals surface area contributed by atoms with Crippen LogP contribution in [0.3, 0.4) is 0 Å². The second kappa shape index (κ2) is 5.69. The van der Waals surface area contributed by atoms with E-state index in [2.05, 4.69) is 4.72 Å². The number of carbonyl (C=O) groups is 1. The van der Waals surface area contributed by atoms with Crippen molar-refractivity contribution in [3.05, 3.63) is 17.0 Å². The van der Waals surface area contributed by atoms with E-state index in [-0.39, 0.29) is 15.5 Å². The molecule has 1 rings (SSSR count). The molecule has 19 heavy (non-hydrogen) atoms. The predicted octanol–water partition coefficient (Wildman–Crippen LogP) is 1.54. The number of thiophene rings is 1. The molecule has 0 amide bonds. The van der Waals surface area contributed by atoms with Gasteiger partial charge in [0.25, 0.3) is 10.0 Å². The minimum absolute atomic E-state index is 0.0624.